The van der Waals surface area contributed by atoms with Gasteiger partial charge in [0.2, 0.25) is 28.7 Å². The van der Waals surface area contributed by atoms with Crippen molar-refractivity contribution in [2.24, 2.45) is 0 Å². The number of ketones is 2. The van der Waals surface area contributed by atoms with Gasteiger partial charge >= 0.3 is 0 Å². The van der Waals surface area contributed by atoms with Crippen LogP contribution in [0.15, 0.2) is 130 Å². The topological polar surface area (TPSA) is 334 Å². The number of Topliss-reactive ketones (excluding diaryl/α,β-unsaturated/α-hetero) is 2. The summed E-state index contributed by atoms with van der Waals surface area (Å²) in [6.45, 7) is 7.77. The van der Waals surface area contributed by atoms with Gasteiger partial charge in [-0.2, -0.15) is 0 Å². The van der Waals surface area contributed by atoms with Crippen LogP contribution in [-0.4, -0.2) is 99.3 Å². The summed E-state index contributed by atoms with van der Waals surface area (Å²) in [5.41, 5.74) is 2.48. The molecule has 26 heteroatoms. The van der Waals surface area contributed by atoms with E-state index in [-0.39, 0.29) is 87.1 Å². The number of ether oxygens (including phenoxy) is 9. The average Bonchev–Trinajstić information content (AvgIpc) is 1.78. The van der Waals surface area contributed by atoms with E-state index in [4.69, 9.17) is 78.0 Å². The lowest BCUT2D eigenvalue weighted by Crippen LogP contribution is -2.04. The summed E-state index contributed by atoms with van der Waals surface area (Å²) in [7, 11) is 13.1. The first-order valence-electron chi connectivity index (χ1n) is 26.7. The molecule has 0 atom stereocenters. The average molecular weight is 1250 g/mol. The Hall–Kier alpha value is -11.6. The highest BCUT2D eigenvalue weighted by Crippen LogP contribution is 2.49. The third-order valence-electron chi connectivity index (χ3n) is 14.0. The highest BCUT2D eigenvalue weighted by Gasteiger charge is 2.29. The summed E-state index contributed by atoms with van der Waals surface area (Å²) < 4.78 is 90.2. The third kappa shape index (κ3) is 11.4. The highest BCUT2D eigenvalue weighted by atomic mass is 16.5. The van der Waals surface area contributed by atoms with Gasteiger partial charge in [-0.05, 0) is 65.0 Å². The Labute approximate surface area is 515 Å². The molecule has 3 N–H and O–H groups in total. The number of aryl methyl sites for hydroxylation is 3. The molecule has 8 heterocycles. The van der Waals surface area contributed by atoms with E-state index in [1.807, 2.05) is 0 Å². The third-order valence-corrected chi connectivity index (χ3v) is 14.0. The van der Waals surface area contributed by atoms with E-state index >= 15 is 0 Å². The van der Waals surface area contributed by atoms with Crippen LogP contribution < -0.4 is 58.9 Å². The van der Waals surface area contributed by atoms with E-state index in [1.54, 1.807) is 51.1 Å². The number of phenols is 3. The summed E-state index contributed by atoms with van der Waals surface area (Å²) in [6, 6.07) is 12.5. The standard InChI is InChI=1S/2C14H12O5.C13H10O5.2C12H12O5.B/c2*1-7-6-9(15)10-11(16-2)8-4-5-18-12(8)14(17-3)13(10)19-7;1-6-5-8(14)9-10(15)7-3-4-17-11(7)13(16-2)12(9)18-6;2*1-6(13)8-9(14)12(16-3)11-7(4-5-17-11)10(8)15-2;/h2*4-6H,1-3H3;3-5,15H,1-2H3;2*4-5,14H,1-3H3;. The van der Waals surface area contributed by atoms with E-state index < -0.39 is 0 Å². The first-order chi connectivity index (χ1) is 43.2. The second-order valence-corrected chi connectivity index (χ2v) is 19.3. The number of phenolic OH excluding ortho intramolecular Hbond substituents is 3. The van der Waals surface area contributed by atoms with Gasteiger partial charge in [0.25, 0.3) is 0 Å². The second kappa shape index (κ2) is 26.8. The van der Waals surface area contributed by atoms with Crippen molar-refractivity contribution in [3.8, 4) is 69.0 Å². The number of rotatable bonds is 11. The molecule has 3 radical (unpaired) electrons. The molecule has 0 bridgehead atoms. The zero-order chi connectivity index (χ0) is 65.2. The molecule has 0 aliphatic heterocycles. The van der Waals surface area contributed by atoms with Crippen molar-refractivity contribution in [2.45, 2.75) is 34.6 Å². The second-order valence-electron chi connectivity index (χ2n) is 19.3. The van der Waals surface area contributed by atoms with E-state index in [2.05, 4.69) is 0 Å². The minimum Gasteiger partial charge on any atom is -0.506 e. The van der Waals surface area contributed by atoms with Crippen molar-refractivity contribution in [3.63, 3.8) is 0 Å². The molecule has 471 valence electrons. The molecule has 0 saturated carbocycles. The Morgan fingerprint density at radius 3 is 0.857 bits per heavy atom. The fraction of sp³-hybridized carbons (Fsp3) is 0.215. The summed E-state index contributed by atoms with van der Waals surface area (Å²) in [5, 5.41) is 33.9. The fourth-order valence-corrected chi connectivity index (χ4v) is 10.4. The smallest absolute Gasteiger partial charge is 0.206 e. The van der Waals surface area contributed by atoms with Crippen molar-refractivity contribution < 1.29 is 103 Å². The van der Waals surface area contributed by atoms with Gasteiger partial charge in [-0.1, -0.05) is 0 Å². The zero-order valence-corrected chi connectivity index (χ0v) is 51.4. The predicted octanol–water partition coefficient (Wildman–Crippen LogP) is 12.6. The van der Waals surface area contributed by atoms with Gasteiger partial charge in [-0.25, -0.2) is 0 Å². The number of methoxy groups -OCH3 is 9. The number of carbonyl (C=O) groups excluding carboxylic acids is 2. The van der Waals surface area contributed by atoms with Gasteiger partial charge in [0, 0.05) is 26.6 Å². The molecule has 5 aromatic carbocycles. The molecule has 0 unspecified atom stereocenters. The van der Waals surface area contributed by atoms with E-state index in [9.17, 15) is 39.3 Å². The number of fused-ring (bicyclic) bond motifs is 8. The SMILES string of the molecule is COc1c(C(C)=O)c(O)c(OC)c2occc12.COc1c(C(C)=O)c(O)c(OC)c2occc12.COc1c2occc2c(O)c2c(=O)cc(C)oc12.COc1c2occc2c(OC)c2c(=O)cc(C)oc12.COc1c2occc2c(OC)c2c(=O)cc(C)oc12.[B]. The number of hydrogen-bond donors (Lipinski definition) is 3. The number of furan rings is 5. The van der Waals surface area contributed by atoms with Crippen LogP contribution in [0.2, 0.25) is 0 Å². The molecule has 91 heavy (non-hydrogen) atoms. The molecule has 13 rings (SSSR count). The van der Waals surface area contributed by atoms with Gasteiger partial charge in [-0.15, -0.1) is 0 Å². The Morgan fingerprint density at radius 2 is 0.571 bits per heavy atom. The van der Waals surface area contributed by atoms with Crippen molar-refractivity contribution in [1.82, 2.24) is 0 Å². The molecular formula is C65H58BO25. The van der Waals surface area contributed by atoms with Crippen LogP contribution in [0.4, 0.5) is 0 Å². The summed E-state index contributed by atoms with van der Waals surface area (Å²) in [5.74, 6) is 3.00. The van der Waals surface area contributed by atoms with Gasteiger partial charge in [0.05, 0.1) is 122 Å². The molecule has 0 amide bonds. The maximum absolute atomic E-state index is 12.2. The minimum atomic E-state index is -0.312. The Balaban J connectivity index is 0.000000146. The lowest BCUT2D eigenvalue weighted by atomic mass is 10.1. The highest BCUT2D eigenvalue weighted by molar-refractivity contribution is 6.11. The monoisotopic (exact) mass is 1250 g/mol. The molecule has 0 aliphatic rings. The van der Waals surface area contributed by atoms with Crippen LogP contribution in [0.5, 0.6) is 69.0 Å². The lowest BCUT2D eigenvalue weighted by molar-refractivity contribution is 0.0998. The quantitative estimate of drug-likeness (QED) is 0.0800. The molecule has 0 fully saturated rings. The molecule has 0 aliphatic carbocycles. The van der Waals surface area contributed by atoms with Crippen LogP contribution in [0.25, 0.3) is 87.8 Å². The van der Waals surface area contributed by atoms with Gasteiger partial charge < -0.3 is 93.3 Å². The summed E-state index contributed by atoms with van der Waals surface area (Å²) in [6.07, 6.45) is 7.35. The zero-order valence-electron chi connectivity index (χ0n) is 51.4. The lowest BCUT2D eigenvalue weighted by Gasteiger charge is -2.12. The molecule has 25 nitrogen and oxygen atoms in total. The molecular weight excluding hydrogens is 1190 g/mol. The van der Waals surface area contributed by atoms with Crippen molar-refractivity contribution in [1.29, 1.82) is 0 Å². The number of hydrogen-bond acceptors (Lipinski definition) is 25. The summed E-state index contributed by atoms with van der Waals surface area (Å²) in [4.78, 5) is 59.4. The normalized spacial score (nSPS) is 10.8. The van der Waals surface area contributed by atoms with E-state index in [0.717, 1.165) is 0 Å². The number of benzene rings is 5. The van der Waals surface area contributed by atoms with Crippen LogP contribution in [0.3, 0.4) is 0 Å². The number of aromatic hydroxyl groups is 3. The maximum atomic E-state index is 12.2. The molecule has 13 aromatic rings. The first kappa shape index (κ1) is 65.4. The molecule has 0 spiro atoms. The molecule has 8 aromatic heterocycles. The van der Waals surface area contributed by atoms with Crippen LogP contribution in [0, 0.1) is 20.8 Å². The van der Waals surface area contributed by atoms with Crippen LogP contribution >= 0.6 is 0 Å². The molecule has 0 saturated heterocycles. The fourth-order valence-electron chi connectivity index (χ4n) is 10.4. The van der Waals surface area contributed by atoms with Gasteiger partial charge in [-0.3, -0.25) is 24.0 Å². The maximum Gasteiger partial charge on any atom is 0.206 e. The Bertz CT molecular complexity index is 4850. The van der Waals surface area contributed by atoms with E-state index in [0.29, 0.717) is 134 Å². The predicted molar refractivity (Wildman–Crippen MR) is 333 cm³/mol. The van der Waals surface area contributed by atoms with E-state index in [1.165, 1.54) is 127 Å². The van der Waals surface area contributed by atoms with Crippen molar-refractivity contribution in [3.05, 3.63) is 139 Å². The minimum absolute atomic E-state index is 0. The Kier molecular flexibility index (Phi) is 19.3. The van der Waals surface area contributed by atoms with Crippen LogP contribution in [0.1, 0.15) is 51.8 Å². The van der Waals surface area contributed by atoms with Gasteiger partial charge in [0.15, 0.2) is 84.0 Å². The Morgan fingerprint density at radius 1 is 0.330 bits per heavy atom. The summed E-state index contributed by atoms with van der Waals surface area (Å²) >= 11 is 0. The van der Waals surface area contributed by atoms with Gasteiger partial charge in [0.1, 0.15) is 73.3 Å². The van der Waals surface area contributed by atoms with Crippen molar-refractivity contribution >= 4 is 108 Å². The number of carbonyl (C=O) groups is 2. The van der Waals surface area contributed by atoms with Crippen molar-refractivity contribution in [2.75, 3.05) is 64.0 Å². The van der Waals surface area contributed by atoms with Crippen LogP contribution in [-0.2, 0) is 0 Å². The first-order valence-corrected chi connectivity index (χ1v) is 26.7. The largest absolute Gasteiger partial charge is 0.506 e.